The number of nitrogens with zero attached hydrogens (tertiary/aromatic N) is 1. The van der Waals surface area contributed by atoms with Gasteiger partial charge in [0.15, 0.2) is 5.78 Å². The molecule has 0 aliphatic rings. The molecule has 0 aliphatic carbocycles. The number of ketones is 1. The molecule has 0 spiro atoms. The Morgan fingerprint density at radius 2 is 1.94 bits per heavy atom. The van der Waals surface area contributed by atoms with Crippen LogP contribution < -0.4 is 10.1 Å². The third-order valence-corrected chi connectivity index (χ3v) is 4.90. The van der Waals surface area contributed by atoms with Crippen LogP contribution in [0.3, 0.4) is 0 Å². The summed E-state index contributed by atoms with van der Waals surface area (Å²) in [4.78, 5) is 43.5. The summed E-state index contributed by atoms with van der Waals surface area (Å²) in [7, 11) is 1.26. The number of rotatable bonds is 9. The molecule has 2 aromatic heterocycles. The molecule has 1 amide bonds. The van der Waals surface area contributed by atoms with Gasteiger partial charge in [-0.25, -0.2) is 4.79 Å². The number of aromatic amines is 1. The number of carbonyl (C=O) groups excluding carboxylic acids is 3. The first kappa shape index (κ1) is 22.0. The van der Waals surface area contributed by atoms with Crippen LogP contribution in [0.15, 0.2) is 36.5 Å². The SMILES string of the molecule is COC(=O)c1c(CC(=O)NCCCOc2cccc3cccnc23)[nH]c(C(C)=O)c1C. The quantitative estimate of drug-likeness (QED) is 0.311. The van der Waals surface area contributed by atoms with Gasteiger partial charge in [-0.3, -0.25) is 14.6 Å². The van der Waals surface area contributed by atoms with Crippen molar-refractivity contribution in [3.63, 3.8) is 0 Å². The fourth-order valence-corrected chi connectivity index (χ4v) is 3.42. The summed E-state index contributed by atoms with van der Waals surface area (Å²) in [6.45, 7) is 3.87. The van der Waals surface area contributed by atoms with Crippen LogP contribution in [-0.4, -0.2) is 47.9 Å². The molecule has 0 radical (unpaired) electrons. The number of Topliss-reactive ketones (excluding diaryl/α,β-unsaturated/α-hetero) is 1. The maximum atomic E-state index is 12.4. The highest BCUT2D eigenvalue weighted by molar-refractivity contribution is 6.01. The summed E-state index contributed by atoms with van der Waals surface area (Å²) in [6, 6.07) is 9.59. The number of hydrogen-bond acceptors (Lipinski definition) is 6. The number of ether oxygens (including phenoxy) is 2. The summed E-state index contributed by atoms with van der Waals surface area (Å²) in [6.07, 6.45) is 2.26. The number of pyridine rings is 1. The van der Waals surface area contributed by atoms with Crippen LogP contribution in [0.25, 0.3) is 10.9 Å². The van der Waals surface area contributed by atoms with Crippen LogP contribution in [0.5, 0.6) is 5.75 Å². The molecule has 3 rings (SSSR count). The summed E-state index contributed by atoms with van der Waals surface area (Å²) in [5.41, 5.74) is 2.19. The van der Waals surface area contributed by atoms with Crippen LogP contribution in [0.4, 0.5) is 0 Å². The molecule has 162 valence electrons. The molecule has 8 heteroatoms. The number of fused-ring (bicyclic) bond motifs is 1. The van der Waals surface area contributed by atoms with Crippen molar-refractivity contribution < 1.29 is 23.9 Å². The molecule has 2 N–H and O–H groups in total. The smallest absolute Gasteiger partial charge is 0.339 e. The van der Waals surface area contributed by atoms with E-state index in [1.165, 1.54) is 14.0 Å². The Kier molecular flexibility index (Phi) is 7.02. The van der Waals surface area contributed by atoms with Crippen LogP contribution in [0, 0.1) is 6.92 Å². The van der Waals surface area contributed by atoms with E-state index in [9.17, 15) is 14.4 Å². The Hall–Kier alpha value is -3.68. The van der Waals surface area contributed by atoms with Gasteiger partial charge in [-0.15, -0.1) is 0 Å². The van der Waals surface area contributed by atoms with E-state index in [0.717, 1.165) is 10.9 Å². The number of esters is 1. The molecular formula is C23H25N3O5. The highest BCUT2D eigenvalue weighted by Crippen LogP contribution is 2.23. The van der Waals surface area contributed by atoms with E-state index < -0.39 is 5.97 Å². The second-order valence-corrected chi connectivity index (χ2v) is 7.09. The van der Waals surface area contributed by atoms with Crippen molar-refractivity contribution in [3.05, 3.63) is 59.0 Å². The van der Waals surface area contributed by atoms with E-state index in [1.807, 2.05) is 30.3 Å². The fourth-order valence-electron chi connectivity index (χ4n) is 3.42. The van der Waals surface area contributed by atoms with Crippen molar-refractivity contribution in [2.45, 2.75) is 26.7 Å². The lowest BCUT2D eigenvalue weighted by Gasteiger charge is -2.09. The molecule has 8 nitrogen and oxygen atoms in total. The second kappa shape index (κ2) is 9.88. The van der Waals surface area contributed by atoms with Crippen molar-refractivity contribution in [1.29, 1.82) is 0 Å². The van der Waals surface area contributed by atoms with E-state index in [4.69, 9.17) is 9.47 Å². The van der Waals surface area contributed by atoms with E-state index in [2.05, 4.69) is 15.3 Å². The molecule has 2 heterocycles. The molecule has 0 bridgehead atoms. The average molecular weight is 423 g/mol. The second-order valence-electron chi connectivity index (χ2n) is 7.09. The molecule has 3 aromatic rings. The minimum atomic E-state index is -0.582. The zero-order valence-corrected chi connectivity index (χ0v) is 17.8. The van der Waals surface area contributed by atoms with Gasteiger partial charge in [-0.1, -0.05) is 18.2 Å². The monoisotopic (exact) mass is 423 g/mol. The molecular weight excluding hydrogens is 398 g/mol. The number of H-pyrrole nitrogens is 1. The van der Waals surface area contributed by atoms with Crippen LogP contribution in [-0.2, 0) is 16.0 Å². The van der Waals surface area contributed by atoms with Crippen molar-refractivity contribution in [1.82, 2.24) is 15.3 Å². The van der Waals surface area contributed by atoms with Gasteiger partial charge in [0.1, 0.15) is 11.3 Å². The van der Waals surface area contributed by atoms with Crippen molar-refractivity contribution in [2.75, 3.05) is 20.3 Å². The number of carbonyl (C=O) groups is 3. The van der Waals surface area contributed by atoms with Gasteiger partial charge in [-0.05, 0) is 31.0 Å². The standard InChI is InChI=1S/C23H25N3O5/c1-14-20(23(29)30-3)17(26-21(14)15(2)27)13-19(28)24-11-6-12-31-18-9-4-7-16-8-5-10-25-22(16)18/h4-5,7-10,26H,6,11-13H2,1-3H3,(H,24,28). The minimum Gasteiger partial charge on any atom is -0.491 e. The first-order valence-corrected chi connectivity index (χ1v) is 9.96. The highest BCUT2D eigenvalue weighted by atomic mass is 16.5. The van der Waals surface area contributed by atoms with Crippen LogP contribution >= 0.6 is 0 Å². The van der Waals surface area contributed by atoms with Gasteiger partial charge >= 0.3 is 5.97 Å². The molecule has 0 saturated carbocycles. The van der Waals surface area contributed by atoms with E-state index in [0.29, 0.717) is 42.3 Å². The number of para-hydroxylation sites is 1. The third kappa shape index (κ3) is 5.09. The van der Waals surface area contributed by atoms with E-state index >= 15 is 0 Å². The molecule has 0 unspecified atom stereocenters. The molecule has 1 aromatic carbocycles. The Morgan fingerprint density at radius 1 is 1.16 bits per heavy atom. The van der Waals surface area contributed by atoms with E-state index in [1.54, 1.807) is 13.1 Å². The fraction of sp³-hybridized carbons (Fsp3) is 0.304. The number of aromatic nitrogens is 2. The van der Waals surface area contributed by atoms with Gasteiger partial charge in [0.25, 0.3) is 0 Å². The molecule has 31 heavy (non-hydrogen) atoms. The Labute approximate surface area is 180 Å². The van der Waals surface area contributed by atoms with E-state index in [-0.39, 0.29) is 23.7 Å². The van der Waals surface area contributed by atoms with Gasteiger partial charge in [0, 0.05) is 30.7 Å². The first-order chi connectivity index (χ1) is 14.9. The molecule has 0 aliphatic heterocycles. The maximum absolute atomic E-state index is 12.4. The average Bonchev–Trinajstić information content (AvgIpc) is 3.09. The third-order valence-electron chi connectivity index (χ3n) is 4.90. The summed E-state index contributed by atoms with van der Waals surface area (Å²) in [5, 5.41) is 3.81. The lowest BCUT2D eigenvalue weighted by Crippen LogP contribution is -2.28. The van der Waals surface area contributed by atoms with Crippen LogP contribution in [0.1, 0.15) is 45.4 Å². The molecule has 0 fully saturated rings. The number of nitrogens with one attached hydrogen (secondary N) is 2. The largest absolute Gasteiger partial charge is 0.491 e. The van der Waals surface area contributed by atoms with Gasteiger partial charge < -0.3 is 19.8 Å². The maximum Gasteiger partial charge on any atom is 0.339 e. The van der Waals surface area contributed by atoms with Crippen molar-refractivity contribution in [3.8, 4) is 5.75 Å². The number of hydrogen-bond donors (Lipinski definition) is 2. The first-order valence-electron chi connectivity index (χ1n) is 9.96. The predicted molar refractivity (Wildman–Crippen MR) is 115 cm³/mol. The van der Waals surface area contributed by atoms with Gasteiger partial charge in [0.2, 0.25) is 5.91 Å². The number of methoxy groups -OCH3 is 1. The Bertz CT molecular complexity index is 1110. The highest BCUT2D eigenvalue weighted by Gasteiger charge is 2.24. The minimum absolute atomic E-state index is 0.0628. The molecule has 0 atom stereocenters. The summed E-state index contributed by atoms with van der Waals surface area (Å²) < 4.78 is 10.6. The lowest BCUT2D eigenvalue weighted by molar-refractivity contribution is -0.120. The zero-order chi connectivity index (χ0) is 22.4. The van der Waals surface area contributed by atoms with Gasteiger partial charge in [0.05, 0.1) is 31.4 Å². The van der Waals surface area contributed by atoms with Crippen molar-refractivity contribution >= 4 is 28.6 Å². The molecule has 0 saturated heterocycles. The lowest BCUT2D eigenvalue weighted by atomic mass is 10.1. The summed E-state index contributed by atoms with van der Waals surface area (Å²) in [5.74, 6) is -0.366. The van der Waals surface area contributed by atoms with Crippen LogP contribution in [0.2, 0.25) is 0 Å². The Morgan fingerprint density at radius 3 is 2.68 bits per heavy atom. The predicted octanol–water partition coefficient (Wildman–Crippen LogP) is 2.99. The number of benzene rings is 1. The topological polar surface area (TPSA) is 110 Å². The van der Waals surface area contributed by atoms with Crippen molar-refractivity contribution in [2.24, 2.45) is 0 Å². The number of amides is 1. The normalized spacial score (nSPS) is 10.7. The summed E-state index contributed by atoms with van der Waals surface area (Å²) >= 11 is 0. The Balaban J connectivity index is 1.53. The zero-order valence-electron chi connectivity index (χ0n) is 17.8. The van der Waals surface area contributed by atoms with Gasteiger partial charge in [-0.2, -0.15) is 0 Å².